The van der Waals surface area contributed by atoms with Crippen LogP contribution in [0.25, 0.3) is 27.8 Å². The number of aromatic amines is 1. The molecule has 0 spiro atoms. The number of methoxy groups -OCH3 is 1. The second-order valence-corrected chi connectivity index (χ2v) is 11.1. The molecule has 0 saturated carbocycles. The van der Waals surface area contributed by atoms with Crippen LogP contribution in [0.4, 0.5) is 4.79 Å². The van der Waals surface area contributed by atoms with Gasteiger partial charge in [0, 0.05) is 35.7 Å². The van der Waals surface area contributed by atoms with Crippen molar-refractivity contribution in [3.05, 3.63) is 63.9 Å². The van der Waals surface area contributed by atoms with E-state index in [1.807, 2.05) is 39.1 Å². The largest absolute Gasteiger partial charge is 0.493 e. The van der Waals surface area contributed by atoms with E-state index in [4.69, 9.17) is 26.2 Å². The van der Waals surface area contributed by atoms with Gasteiger partial charge in [-0.25, -0.2) is 9.48 Å². The van der Waals surface area contributed by atoms with Crippen molar-refractivity contribution in [2.75, 3.05) is 13.7 Å². The second kappa shape index (κ2) is 10.0. The first-order valence-electron chi connectivity index (χ1n) is 13.2. The third-order valence-corrected chi connectivity index (χ3v) is 7.35. The monoisotopic (exact) mass is 534 g/mol. The van der Waals surface area contributed by atoms with E-state index in [1.165, 1.54) is 11.1 Å². The molecule has 3 heterocycles. The van der Waals surface area contributed by atoms with Crippen LogP contribution in [0.15, 0.2) is 36.5 Å². The SMILES string of the molecule is CCc1cccc(CC)c1-n1nc2c(c1-c1cc(Cl)c(OC)c3[nH]ccc13)CN(C(=O)OC(C)(C)C)CC2. The van der Waals surface area contributed by atoms with Crippen molar-refractivity contribution in [1.29, 1.82) is 0 Å². The quantitative estimate of drug-likeness (QED) is 0.296. The zero-order chi connectivity index (χ0) is 27.2. The summed E-state index contributed by atoms with van der Waals surface area (Å²) in [4.78, 5) is 18.2. The number of aryl methyl sites for hydroxylation is 2. The fourth-order valence-electron chi connectivity index (χ4n) is 5.35. The zero-order valence-electron chi connectivity index (χ0n) is 22.9. The van der Waals surface area contributed by atoms with Gasteiger partial charge in [0.15, 0.2) is 5.75 Å². The Hall–Kier alpha value is -3.45. The smallest absolute Gasteiger partial charge is 0.410 e. The van der Waals surface area contributed by atoms with E-state index in [-0.39, 0.29) is 6.09 Å². The van der Waals surface area contributed by atoms with Crippen LogP contribution in [0.5, 0.6) is 5.75 Å². The Morgan fingerprint density at radius 3 is 2.50 bits per heavy atom. The summed E-state index contributed by atoms with van der Waals surface area (Å²) in [5, 5.41) is 6.69. The van der Waals surface area contributed by atoms with E-state index in [9.17, 15) is 4.79 Å². The lowest BCUT2D eigenvalue weighted by atomic mass is 9.97. The molecule has 0 atom stereocenters. The van der Waals surface area contributed by atoms with Crippen LogP contribution in [-0.2, 0) is 30.5 Å². The summed E-state index contributed by atoms with van der Waals surface area (Å²) in [6, 6.07) is 10.4. The molecule has 0 radical (unpaired) electrons. The molecular formula is C30H35ClN4O3. The van der Waals surface area contributed by atoms with Gasteiger partial charge in [-0.3, -0.25) is 0 Å². The van der Waals surface area contributed by atoms with Gasteiger partial charge in [0.25, 0.3) is 0 Å². The number of amides is 1. The van der Waals surface area contributed by atoms with Gasteiger partial charge >= 0.3 is 6.09 Å². The predicted octanol–water partition coefficient (Wildman–Crippen LogP) is 7.10. The molecule has 0 fully saturated rings. The number of halogens is 1. The molecule has 5 rings (SSSR count). The average Bonchev–Trinajstić information content (AvgIpc) is 3.51. The van der Waals surface area contributed by atoms with Gasteiger partial charge in [0.1, 0.15) is 5.60 Å². The third kappa shape index (κ3) is 4.53. The number of hydrogen-bond donors (Lipinski definition) is 1. The first-order valence-corrected chi connectivity index (χ1v) is 13.6. The Morgan fingerprint density at radius 1 is 1.16 bits per heavy atom. The molecule has 7 nitrogen and oxygen atoms in total. The molecule has 1 aliphatic rings. The number of nitrogens with one attached hydrogen (secondary N) is 1. The summed E-state index contributed by atoms with van der Waals surface area (Å²) in [5.41, 5.74) is 7.69. The average molecular weight is 535 g/mol. The summed E-state index contributed by atoms with van der Waals surface area (Å²) in [7, 11) is 1.62. The fraction of sp³-hybridized carbons (Fsp3) is 0.400. The maximum atomic E-state index is 13.1. The number of para-hydroxylation sites is 1. The number of H-pyrrole nitrogens is 1. The number of carbonyl (C=O) groups is 1. The number of ether oxygens (including phenoxy) is 2. The molecule has 0 unspecified atom stereocenters. The Bertz CT molecular complexity index is 1490. The number of rotatable bonds is 5. The summed E-state index contributed by atoms with van der Waals surface area (Å²) in [6.07, 6.45) is 3.97. The summed E-state index contributed by atoms with van der Waals surface area (Å²) in [5.74, 6) is 0.605. The van der Waals surface area contributed by atoms with Gasteiger partial charge < -0.3 is 19.4 Å². The summed E-state index contributed by atoms with van der Waals surface area (Å²) >= 11 is 6.77. The van der Waals surface area contributed by atoms with Crippen molar-refractivity contribution >= 4 is 28.6 Å². The molecule has 1 amide bonds. The fourth-order valence-corrected chi connectivity index (χ4v) is 5.63. The molecule has 8 heteroatoms. The minimum absolute atomic E-state index is 0.315. The lowest BCUT2D eigenvalue weighted by Gasteiger charge is -2.30. The van der Waals surface area contributed by atoms with E-state index in [2.05, 4.69) is 41.7 Å². The highest BCUT2D eigenvalue weighted by Crippen LogP contribution is 2.43. The number of carbonyl (C=O) groups excluding carboxylic acids is 1. The number of aromatic nitrogens is 3. The standard InChI is InChI=1S/C30H35ClN4O3/c1-7-18-10-9-11-19(8-2)26(18)35-27(21-16-23(31)28(37-6)25-20(21)12-14-32-25)22-17-34(15-13-24(22)33-35)29(36)38-30(3,4)5/h9-12,14,16,32H,7-8,13,15,17H2,1-6H3. The van der Waals surface area contributed by atoms with Gasteiger partial charge in [-0.2, -0.15) is 5.10 Å². The van der Waals surface area contributed by atoms with Crippen LogP contribution in [0, 0.1) is 0 Å². The Kier molecular flexibility index (Phi) is 6.90. The number of nitrogens with zero attached hydrogens (tertiary/aromatic N) is 3. The van der Waals surface area contributed by atoms with Gasteiger partial charge in [0.05, 0.1) is 41.3 Å². The molecular weight excluding hydrogens is 500 g/mol. The molecule has 0 aliphatic carbocycles. The maximum absolute atomic E-state index is 13.1. The highest BCUT2D eigenvalue weighted by atomic mass is 35.5. The zero-order valence-corrected chi connectivity index (χ0v) is 23.7. The van der Waals surface area contributed by atoms with Crippen molar-refractivity contribution in [2.24, 2.45) is 0 Å². The van der Waals surface area contributed by atoms with Crippen molar-refractivity contribution in [3.8, 4) is 22.7 Å². The van der Waals surface area contributed by atoms with E-state index in [0.29, 0.717) is 30.3 Å². The molecule has 200 valence electrons. The molecule has 2 aromatic heterocycles. The van der Waals surface area contributed by atoms with Crippen LogP contribution in [0.2, 0.25) is 5.02 Å². The van der Waals surface area contributed by atoms with Crippen molar-refractivity contribution in [3.63, 3.8) is 0 Å². The first-order chi connectivity index (χ1) is 18.2. The molecule has 4 aromatic rings. The summed E-state index contributed by atoms with van der Waals surface area (Å²) < 4.78 is 13.4. The van der Waals surface area contributed by atoms with Crippen LogP contribution in [0.3, 0.4) is 0 Å². The highest BCUT2D eigenvalue weighted by molar-refractivity contribution is 6.34. The third-order valence-electron chi connectivity index (χ3n) is 7.07. The molecule has 2 aromatic carbocycles. The Labute approximate surface area is 228 Å². The van der Waals surface area contributed by atoms with E-state index < -0.39 is 5.60 Å². The molecule has 38 heavy (non-hydrogen) atoms. The topological polar surface area (TPSA) is 72.4 Å². The molecule has 1 N–H and O–H groups in total. The van der Waals surface area contributed by atoms with Crippen molar-refractivity contribution < 1.29 is 14.3 Å². The van der Waals surface area contributed by atoms with Crippen molar-refractivity contribution in [1.82, 2.24) is 19.7 Å². The highest BCUT2D eigenvalue weighted by Gasteiger charge is 2.32. The van der Waals surface area contributed by atoms with E-state index in [0.717, 1.165) is 51.9 Å². The van der Waals surface area contributed by atoms with Crippen LogP contribution in [-0.4, -0.2) is 45.0 Å². The van der Waals surface area contributed by atoms with Gasteiger partial charge in [0.2, 0.25) is 0 Å². The maximum Gasteiger partial charge on any atom is 0.410 e. The molecule has 0 bridgehead atoms. The molecule has 1 aliphatic heterocycles. The van der Waals surface area contributed by atoms with Crippen LogP contribution < -0.4 is 4.74 Å². The minimum Gasteiger partial charge on any atom is -0.493 e. The minimum atomic E-state index is -0.568. The van der Waals surface area contributed by atoms with Crippen LogP contribution >= 0.6 is 11.6 Å². The summed E-state index contributed by atoms with van der Waals surface area (Å²) in [6.45, 7) is 11.0. The van der Waals surface area contributed by atoms with Crippen molar-refractivity contribution in [2.45, 2.75) is 66.0 Å². The normalized spacial score (nSPS) is 13.6. The second-order valence-electron chi connectivity index (χ2n) is 10.7. The Balaban J connectivity index is 1.78. The predicted molar refractivity (Wildman–Crippen MR) is 152 cm³/mol. The van der Waals surface area contributed by atoms with E-state index in [1.54, 1.807) is 12.0 Å². The van der Waals surface area contributed by atoms with Gasteiger partial charge in [-0.05, 0) is 56.9 Å². The lowest BCUT2D eigenvalue weighted by molar-refractivity contribution is 0.0224. The van der Waals surface area contributed by atoms with Gasteiger partial charge in [-0.15, -0.1) is 0 Å². The van der Waals surface area contributed by atoms with E-state index >= 15 is 0 Å². The lowest BCUT2D eigenvalue weighted by Crippen LogP contribution is -2.39. The molecule has 0 saturated heterocycles. The first kappa shape index (κ1) is 26.2. The Morgan fingerprint density at radius 2 is 1.87 bits per heavy atom. The number of benzene rings is 2. The van der Waals surface area contributed by atoms with Gasteiger partial charge in [-0.1, -0.05) is 43.6 Å². The number of fused-ring (bicyclic) bond motifs is 2. The number of hydrogen-bond acceptors (Lipinski definition) is 4. The van der Waals surface area contributed by atoms with Crippen LogP contribution in [0.1, 0.15) is 57.0 Å².